The SMILES string of the molecule is C.C.C.C.CC.CC(C)C.C[SiH2]Cl.C[SiH](O[Si](C)(C)C(C)(C)C)O[Si](C)(C)C(C)(C)C. The van der Waals surface area contributed by atoms with Crippen LogP contribution < -0.4 is 0 Å². The molecule has 0 spiro atoms. The molecule has 0 aromatic heterocycles. The van der Waals surface area contributed by atoms with Crippen LogP contribution in [-0.2, 0) is 8.23 Å². The van der Waals surface area contributed by atoms with Crippen molar-refractivity contribution in [3.63, 3.8) is 0 Å². The smallest absolute Gasteiger partial charge is 0.297 e. The van der Waals surface area contributed by atoms with Gasteiger partial charge < -0.3 is 8.23 Å². The molecule has 0 atom stereocenters. The highest BCUT2D eigenvalue weighted by Gasteiger charge is 2.42. The minimum absolute atomic E-state index is 0. The average molecular weight is 540 g/mol. The molecule has 0 aromatic rings. The second-order valence-corrected chi connectivity index (χ2v) is 24.5. The number of hydrogen-bond acceptors (Lipinski definition) is 2. The van der Waals surface area contributed by atoms with Crippen LogP contribution in [0.5, 0.6) is 0 Å². The maximum Gasteiger partial charge on any atom is 0.297 e. The van der Waals surface area contributed by atoms with Gasteiger partial charge in [0.25, 0.3) is 9.28 Å². The summed E-state index contributed by atoms with van der Waals surface area (Å²) in [6, 6.07) is 0. The maximum absolute atomic E-state index is 6.42. The topological polar surface area (TPSA) is 18.5 Å². The average Bonchev–Trinajstić information content (AvgIpc) is 2.36. The monoisotopic (exact) mass is 538 g/mol. The molecule has 202 valence electrons. The Morgan fingerprint density at radius 3 is 0.935 bits per heavy atom. The van der Waals surface area contributed by atoms with Gasteiger partial charge in [-0.3, -0.25) is 0 Å². The minimum atomic E-state index is -1.67. The molecule has 7 heteroatoms. The highest BCUT2D eigenvalue weighted by Crippen LogP contribution is 2.39. The molecule has 31 heavy (non-hydrogen) atoms. The Morgan fingerprint density at radius 1 is 0.710 bits per heavy atom. The molecular formula is C24H71ClO2Si4. The third-order valence-electron chi connectivity index (χ3n) is 4.53. The van der Waals surface area contributed by atoms with E-state index in [1.54, 1.807) is 0 Å². The van der Waals surface area contributed by atoms with Gasteiger partial charge in [-0.1, -0.05) is 112 Å². The van der Waals surface area contributed by atoms with E-state index in [1.165, 1.54) is 0 Å². The maximum atomic E-state index is 6.42. The van der Waals surface area contributed by atoms with Crippen molar-refractivity contribution < 1.29 is 8.23 Å². The molecular weight excluding hydrogens is 468 g/mol. The zero-order chi connectivity index (χ0) is 23.3. The molecule has 0 heterocycles. The zero-order valence-electron chi connectivity index (χ0n) is 22.1. The van der Waals surface area contributed by atoms with Crippen molar-refractivity contribution in [3.8, 4) is 0 Å². The van der Waals surface area contributed by atoms with Gasteiger partial charge in [0.1, 0.15) is 8.83 Å². The summed E-state index contributed by atoms with van der Waals surface area (Å²) in [4.78, 5) is 0. The van der Waals surface area contributed by atoms with Crippen molar-refractivity contribution in [1.29, 1.82) is 0 Å². The van der Waals surface area contributed by atoms with Crippen LogP contribution in [0.3, 0.4) is 0 Å². The van der Waals surface area contributed by atoms with E-state index in [4.69, 9.17) is 19.3 Å². The third-order valence-corrected chi connectivity index (χ3v) is 19.1. The Bertz CT molecular complexity index is 307. The summed E-state index contributed by atoms with van der Waals surface area (Å²) in [7, 11) is -4.98. The van der Waals surface area contributed by atoms with Crippen LogP contribution in [-0.4, -0.2) is 34.7 Å². The third kappa shape index (κ3) is 31.1. The summed E-state index contributed by atoms with van der Waals surface area (Å²) < 4.78 is 12.8. The predicted molar refractivity (Wildman–Crippen MR) is 169 cm³/mol. The van der Waals surface area contributed by atoms with Crippen molar-refractivity contribution in [2.45, 2.75) is 155 Å². The highest BCUT2D eigenvalue weighted by atomic mass is 35.6. The van der Waals surface area contributed by atoms with Crippen molar-refractivity contribution in [1.82, 2.24) is 0 Å². The first kappa shape index (κ1) is 53.4. The van der Waals surface area contributed by atoms with Gasteiger partial charge in [-0.25, -0.2) is 0 Å². The second-order valence-electron chi connectivity index (χ2n) is 10.3. The lowest BCUT2D eigenvalue weighted by Gasteiger charge is -2.43. The molecule has 0 bridgehead atoms. The molecule has 0 N–H and O–H groups in total. The quantitative estimate of drug-likeness (QED) is 0.261. The van der Waals surface area contributed by atoms with Crippen LogP contribution in [0.1, 0.15) is 106 Å². The Labute approximate surface area is 214 Å². The van der Waals surface area contributed by atoms with Crippen LogP contribution >= 0.6 is 11.1 Å². The fourth-order valence-corrected chi connectivity index (χ4v) is 11.3. The van der Waals surface area contributed by atoms with Gasteiger partial charge in [0.2, 0.25) is 0 Å². The van der Waals surface area contributed by atoms with Gasteiger partial charge in [0, 0.05) is 0 Å². The summed E-state index contributed by atoms with van der Waals surface area (Å²) in [5.74, 6) is 0.833. The van der Waals surface area contributed by atoms with E-state index in [1.807, 2.05) is 20.4 Å². The van der Waals surface area contributed by atoms with Gasteiger partial charge in [-0.15, -0.1) is 0 Å². The lowest BCUT2D eigenvalue weighted by Crippen LogP contribution is -2.51. The number of halogens is 1. The number of hydrogen-bond donors (Lipinski definition) is 0. The van der Waals surface area contributed by atoms with Crippen LogP contribution in [0.2, 0.25) is 49.4 Å². The molecule has 0 aliphatic rings. The van der Waals surface area contributed by atoms with Crippen molar-refractivity contribution in [3.05, 3.63) is 0 Å². The fraction of sp³-hybridized carbons (Fsp3) is 1.00. The summed E-state index contributed by atoms with van der Waals surface area (Å²) in [6.07, 6.45) is 0. The molecule has 0 aliphatic carbocycles. The lowest BCUT2D eigenvalue weighted by molar-refractivity contribution is 0.386. The van der Waals surface area contributed by atoms with Gasteiger partial charge >= 0.3 is 0 Å². The summed E-state index contributed by atoms with van der Waals surface area (Å²) >= 11 is 5.14. The van der Waals surface area contributed by atoms with Crippen LogP contribution in [0, 0.1) is 5.92 Å². The van der Waals surface area contributed by atoms with E-state index >= 15 is 0 Å². The van der Waals surface area contributed by atoms with Gasteiger partial charge in [0.05, 0.1) is 0 Å². The molecule has 0 unspecified atom stereocenters. The first-order valence-electron chi connectivity index (χ1n) is 10.7. The molecule has 0 fully saturated rings. The largest absolute Gasteiger partial charge is 0.438 e. The Morgan fingerprint density at radius 2 is 0.839 bits per heavy atom. The normalized spacial score (nSPS) is 11.2. The van der Waals surface area contributed by atoms with Crippen molar-refractivity contribution in [2.75, 3.05) is 0 Å². The van der Waals surface area contributed by atoms with E-state index in [0.717, 1.165) is 5.92 Å². The Hall–Kier alpha value is 1.08. The molecule has 0 radical (unpaired) electrons. The molecule has 0 aromatic carbocycles. The zero-order valence-corrected chi connectivity index (χ0v) is 27.4. The highest BCUT2D eigenvalue weighted by molar-refractivity contribution is 6.92. The van der Waals surface area contributed by atoms with Crippen LogP contribution in [0.4, 0.5) is 0 Å². The van der Waals surface area contributed by atoms with Gasteiger partial charge in [-0.2, -0.15) is 11.1 Å². The van der Waals surface area contributed by atoms with Crippen LogP contribution in [0.15, 0.2) is 0 Å². The summed E-state index contributed by atoms with van der Waals surface area (Å²) in [6.45, 7) is 37.7. The van der Waals surface area contributed by atoms with E-state index < -0.39 is 25.9 Å². The first-order chi connectivity index (χ1) is 11.7. The molecule has 0 aliphatic heterocycles. The molecule has 0 amide bonds. The van der Waals surface area contributed by atoms with Crippen molar-refractivity contribution in [2.24, 2.45) is 5.92 Å². The Balaban J connectivity index is -0.0000000584. The Kier molecular flexibility index (Phi) is 41.7. The predicted octanol–water partition coefficient (Wildman–Crippen LogP) is 10.5. The second kappa shape index (κ2) is 24.2. The van der Waals surface area contributed by atoms with Crippen LogP contribution in [0.25, 0.3) is 0 Å². The molecule has 2 nitrogen and oxygen atoms in total. The van der Waals surface area contributed by atoms with Gasteiger partial charge in [0.15, 0.2) is 16.6 Å². The van der Waals surface area contributed by atoms with Gasteiger partial charge in [-0.05, 0) is 48.7 Å². The lowest BCUT2D eigenvalue weighted by atomic mass is 10.2. The van der Waals surface area contributed by atoms with E-state index in [9.17, 15) is 0 Å². The fourth-order valence-electron chi connectivity index (χ4n) is 1.21. The van der Waals surface area contributed by atoms with Crippen molar-refractivity contribution >= 4 is 45.8 Å². The molecule has 0 saturated carbocycles. The molecule has 0 rings (SSSR count). The van der Waals surface area contributed by atoms with E-state index in [-0.39, 0.29) is 48.6 Å². The summed E-state index contributed by atoms with van der Waals surface area (Å²) in [5, 5.41) is 0.538. The summed E-state index contributed by atoms with van der Waals surface area (Å²) in [5.41, 5.74) is 0. The van der Waals surface area contributed by atoms with E-state index in [2.05, 4.69) is 95.0 Å². The first-order valence-corrected chi connectivity index (χ1v) is 22.1. The minimum Gasteiger partial charge on any atom is -0.438 e. The standard InChI is InChI=1S/C13H34O2Si3.C4H10.C2H6.CH5ClSi.4CH4/c1-12(2,3)17(8,9)14-16(7)15-18(10,11)13(4,5)6;1-4(2)3;1-2;1-3-2;;;;/h16H,1-11H3;4H,1-3H3;1-2H3;3H2,1H3;4*1H4. The van der Waals surface area contributed by atoms with E-state index in [0.29, 0.717) is 0 Å². The molecule has 0 saturated heterocycles. The number of rotatable bonds is 4.